The highest BCUT2D eigenvalue weighted by Crippen LogP contribution is 2.12. The number of carbonyl (C=O) groups excluding carboxylic acids is 3. The Morgan fingerprint density at radius 3 is 0.966 bits per heavy atom. The van der Waals surface area contributed by atoms with Crippen LogP contribution in [-0.4, -0.2) is 37.2 Å². The minimum Gasteiger partial charge on any atom is -0.462 e. The lowest BCUT2D eigenvalue weighted by molar-refractivity contribution is -0.167. The first-order valence-corrected chi connectivity index (χ1v) is 22.8. The normalized spacial score (nSPS) is 13.3. The summed E-state index contributed by atoms with van der Waals surface area (Å²) in [7, 11) is 0. The van der Waals surface area contributed by atoms with Gasteiger partial charge in [0.25, 0.3) is 0 Å². The SMILES string of the molecule is CC/C=C/C=C/C=C/C=C/CCCCCCCC(=O)OCC(COC(=O)CCCCCCC/C=C/C=C/C=C/CC)OC(=O)CCCCC/C=C/C=C/C=C/C=C/CC. The summed E-state index contributed by atoms with van der Waals surface area (Å²) in [5.41, 5.74) is 0. The van der Waals surface area contributed by atoms with Crippen LogP contribution in [0.4, 0.5) is 0 Å². The average molecular weight is 813 g/mol. The largest absolute Gasteiger partial charge is 0.462 e. The second kappa shape index (κ2) is 46.2. The highest BCUT2D eigenvalue weighted by atomic mass is 16.6. The van der Waals surface area contributed by atoms with Crippen LogP contribution in [0.2, 0.25) is 0 Å². The van der Waals surface area contributed by atoms with Crippen LogP contribution in [0.5, 0.6) is 0 Å². The Morgan fingerprint density at radius 2 is 0.610 bits per heavy atom. The van der Waals surface area contributed by atoms with E-state index in [2.05, 4.69) is 87.6 Å². The van der Waals surface area contributed by atoms with E-state index in [4.69, 9.17) is 14.2 Å². The van der Waals surface area contributed by atoms with Crippen molar-refractivity contribution in [2.45, 2.75) is 168 Å². The number of unbranched alkanes of at least 4 members (excludes halogenated alkanes) is 13. The zero-order chi connectivity index (χ0) is 43.0. The van der Waals surface area contributed by atoms with E-state index in [1.165, 1.54) is 0 Å². The molecule has 59 heavy (non-hydrogen) atoms. The molecule has 0 rings (SSSR count). The van der Waals surface area contributed by atoms with Crippen LogP contribution in [0.1, 0.15) is 162 Å². The van der Waals surface area contributed by atoms with Gasteiger partial charge in [0.1, 0.15) is 13.2 Å². The summed E-state index contributed by atoms with van der Waals surface area (Å²) in [6, 6.07) is 0. The van der Waals surface area contributed by atoms with Gasteiger partial charge in [0.05, 0.1) is 0 Å². The van der Waals surface area contributed by atoms with E-state index in [1.54, 1.807) is 0 Å². The molecular formula is C53H80O6. The molecule has 0 aromatic rings. The molecule has 0 amide bonds. The highest BCUT2D eigenvalue weighted by Gasteiger charge is 2.19. The molecule has 0 N–H and O–H groups in total. The predicted molar refractivity (Wildman–Crippen MR) is 251 cm³/mol. The van der Waals surface area contributed by atoms with Crippen molar-refractivity contribution >= 4 is 17.9 Å². The summed E-state index contributed by atoms with van der Waals surface area (Å²) in [5.74, 6) is -1.02. The third-order valence-electron chi connectivity index (χ3n) is 8.88. The molecular weight excluding hydrogens is 733 g/mol. The van der Waals surface area contributed by atoms with Crippen molar-refractivity contribution in [3.63, 3.8) is 0 Å². The van der Waals surface area contributed by atoms with E-state index >= 15 is 0 Å². The first kappa shape index (κ1) is 54.6. The van der Waals surface area contributed by atoms with Gasteiger partial charge in [-0.3, -0.25) is 14.4 Å². The molecule has 0 aromatic carbocycles. The second-order valence-corrected chi connectivity index (χ2v) is 14.4. The lowest BCUT2D eigenvalue weighted by Gasteiger charge is -2.18. The maximum absolute atomic E-state index is 12.7. The van der Waals surface area contributed by atoms with Gasteiger partial charge in [0.2, 0.25) is 0 Å². The van der Waals surface area contributed by atoms with E-state index in [9.17, 15) is 14.4 Å². The van der Waals surface area contributed by atoms with Gasteiger partial charge in [0.15, 0.2) is 6.10 Å². The fraction of sp³-hybridized carbons (Fsp3) is 0.528. The number of rotatable bonds is 38. The lowest BCUT2D eigenvalue weighted by atomic mass is 10.1. The van der Waals surface area contributed by atoms with Crippen molar-refractivity contribution in [1.82, 2.24) is 0 Å². The van der Waals surface area contributed by atoms with Gasteiger partial charge >= 0.3 is 17.9 Å². The maximum Gasteiger partial charge on any atom is 0.306 e. The Kier molecular flexibility index (Phi) is 42.8. The third kappa shape index (κ3) is 44.5. The zero-order valence-electron chi connectivity index (χ0n) is 37.2. The van der Waals surface area contributed by atoms with Crippen LogP contribution < -0.4 is 0 Å². The Morgan fingerprint density at radius 1 is 0.339 bits per heavy atom. The number of esters is 3. The molecule has 0 bridgehead atoms. The monoisotopic (exact) mass is 813 g/mol. The minimum absolute atomic E-state index is 0.119. The highest BCUT2D eigenvalue weighted by molar-refractivity contribution is 5.71. The summed E-state index contributed by atoms with van der Waals surface area (Å²) < 4.78 is 16.6. The molecule has 0 fully saturated rings. The fourth-order valence-corrected chi connectivity index (χ4v) is 5.52. The molecule has 0 aliphatic carbocycles. The van der Waals surface area contributed by atoms with E-state index < -0.39 is 6.10 Å². The van der Waals surface area contributed by atoms with E-state index in [-0.39, 0.29) is 37.5 Å². The molecule has 6 nitrogen and oxygen atoms in total. The van der Waals surface area contributed by atoms with Crippen LogP contribution in [0, 0.1) is 0 Å². The van der Waals surface area contributed by atoms with Crippen LogP contribution in [-0.2, 0) is 28.6 Å². The molecule has 0 aliphatic rings. The van der Waals surface area contributed by atoms with Gasteiger partial charge in [-0.1, -0.05) is 199 Å². The topological polar surface area (TPSA) is 78.9 Å². The Hall–Kier alpha value is -4.45. The van der Waals surface area contributed by atoms with Crippen LogP contribution in [0.15, 0.2) is 134 Å². The van der Waals surface area contributed by atoms with E-state index in [1.807, 2.05) is 66.8 Å². The van der Waals surface area contributed by atoms with Crippen molar-refractivity contribution in [2.24, 2.45) is 0 Å². The molecule has 0 saturated heterocycles. The summed E-state index contributed by atoms with van der Waals surface area (Å²) in [6.07, 6.45) is 64.3. The first-order valence-electron chi connectivity index (χ1n) is 22.8. The smallest absolute Gasteiger partial charge is 0.306 e. The van der Waals surface area contributed by atoms with Crippen LogP contribution >= 0.6 is 0 Å². The molecule has 1 unspecified atom stereocenters. The Bertz CT molecular complexity index is 1350. The molecule has 328 valence electrons. The molecule has 0 aromatic heterocycles. The fourth-order valence-electron chi connectivity index (χ4n) is 5.52. The number of hydrogen-bond donors (Lipinski definition) is 0. The standard InChI is InChI=1S/C53H80O6/c1-4-7-10-13-16-19-22-25-26-29-31-34-37-40-43-46-52(55)58-49-50(59-53(56)47-44-41-38-35-32-28-24-21-18-15-12-9-6-3)48-57-51(54)45-42-39-36-33-30-27-23-20-17-14-11-8-5-2/h7-26,28,32,50H,4-6,27,29-31,33-49H2,1-3H3/b10-7+,11-8+,12-9+,16-13+,17-14+,18-15+,22-19+,23-20+,24-21+,26-25+,32-28+. The predicted octanol–water partition coefficient (Wildman–Crippen LogP) is 14.7. The molecule has 0 heterocycles. The van der Waals surface area contributed by atoms with Crippen LogP contribution in [0.25, 0.3) is 0 Å². The average Bonchev–Trinajstić information content (AvgIpc) is 3.23. The maximum atomic E-state index is 12.7. The van der Waals surface area contributed by atoms with Crippen molar-refractivity contribution in [3.8, 4) is 0 Å². The van der Waals surface area contributed by atoms with Gasteiger partial charge in [-0.25, -0.2) is 0 Å². The Balaban J connectivity index is 4.56. The Labute approximate surface area is 360 Å². The third-order valence-corrected chi connectivity index (χ3v) is 8.88. The molecule has 0 aliphatic heterocycles. The first-order chi connectivity index (χ1) is 29.0. The quantitative estimate of drug-likeness (QED) is 0.0267. The number of carbonyl (C=O) groups is 3. The lowest BCUT2D eigenvalue weighted by Crippen LogP contribution is -2.30. The number of ether oxygens (including phenoxy) is 3. The van der Waals surface area contributed by atoms with Crippen molar-refractivity contribution in [1.29, 1.82) is 0 Å². The van der Waals surface area contributed by atoms with Gasteiger partial charge < -0.3 is 14.2 Å². The van der Waals surface area contributed by atoms with Crippen molar-refractivity contribution in [2.75, 3.05) is 13.2 Å². The van der Waals surface area contributed by atoms with Gasteiger partial charge in [-0.05, 0) is 77.0 Å². The van der Waals surface area contributed by atoms with Gasteiger partial charge in [0, 0.05) is 19.3 Å². The number of allylic oxidation sites excluding steroid dienone is 22. The van der Waals surface area contributed by atoms with Gasteiger partial charge in [-0.2, -0.15) is 0 Å². The van der Waals surface area contributed by atoms with E-state index in [0.29, 0.717) is 19.3 Å². The van der Waals surface area contributed by atoms with E-state index in [0.717, 1.165) is 116 Å². The summed E-state index contributed by atoms with van der Waals surface area (Å²) >= 11 is 0. The van der Waals surface area contributed by atoms with Crippen molar-refractivity contribution in [3.05, 3.63) is 134 Å². The molecule has 0 radical (unpaired) electrons. The van der Waals surface area contributed by atoms with Crippen LogP contribution in [0.3, 0.4) is 0 Å². The minimum atomic E-state index is -0.820. The molecule has 6 heteroatoms. The number of hydrogen-bond acceptors (Lipinski definition) is 6. The molecule has 0 spiro atoms. The summed E-state index contributed by atoms with van der Waals surface area (Å²) in [4.78, 5) is 37.8. The van der Waals surface area contributed by atoms with Crippen molar-refractivity contribution < 1.29 is 28.6 Å². The summed E-state index contributed by atoms with van der Waals surface area (Å²) in [5, 5.41) is 0. The zero-order valence-corrected chi connectivity index (χ0v) is 37.2. The van der Waals surface area contributed by atoms with Gasteiger partial charge in [-0.15, -0.1) is 0 Å². The second-order valence-electron chi connectivity index (χ2n) is 14.4. The molecule has 1 atom stereocenters. The molecule has 0 saturated carbocycles. The summed E-state index contributed by atoms with van der Waals surface area (Å²) in [6.45, 7) is 6.11.